The fourth-order valence-electron chi connectivity index (χ4n) is 1.34. The van der Waals surface area contributed by atoms with Gasteiger partial charge in [0.25, 0.3) is 6.01 Å². The molecular formula is C10H14N2O3. The van der Waals surface area contributed by atoms with Crippen LogP contribution in [0.1, 0.15) is 30.3 Å². The topological polar surface area (TPSA) is 55.6 Å². The van der Waals surface area contributed by atoms with Gasteiger partial charge in [-0.15, -0.1) is 0 Å². The largest absolute Gasteiger partial charge is 0.461 e. The van der Waals surface area contributed by atoms with Crippen molar-refractivity contribution >= 4 is 12.0 Å². The smallest absolute Gasteiger partial charge is 0.360 e. The summed E-state index contributed by atoms with van der Waals surface area (Å²) in [6.45, 7) is 2.11. The second-order valence-corrected chi connectivity index (χ2v) is 3.58. The van der Waals surface area contributed by atoms with Crippen molar-refractivity contribution in [2.45, 2.75) is 25.8 Å². The zero-order chi connectivity index (χ0) is 10.8. The molecule has 0 N–H and O–H groups in total. The lowest BCUT2D eigenvalue weighted by Gasteiger charge is -2.11. The first-order valence-corrected chi connectivity index (χ1v) is 5.08. The number of ether oxygens (including phenoxy) is 1. The van der Waals surface area contributed by atoms with E-state index < -0.39 is 5.97 Å². The molecule has 0 aromatic carbocycles. The normalized spacial score (nSPS) is 15.1. The van der Waals surface area contributed by atoms with Crippen molar-refractivity contribution in [2.24, 2.45) is 0 Å². The van der Waals surface area contributed by atoms with E-state index in [0.717, 1.165) is 12.8 Å². The molecule has 15 heavy (non-hydrogen) atoms. The Hall–Kier alpha value is -1.52. The first-order valence-electron chi connectivity index (χ1n) is 5.08. The minimum atomic E-state index is -0.434. The van der Waals surface area contributed by atoms with E-state index in [1.54, 1.807) is 6.92 Å². The Morgan fingerprint density at radius 3 is 3.07 bits per heavy atom. The van der Waals surface area contributed by atoms with Crippen molar-refractivity contribution < 1.29 is 13.9 Å². The second-order valence-electron chi connectivity index (χ2n) is 3.58. The molecule has 1 fully saturated rings. The maximum absolute atomic E-state index is 11.3. The van der Waals surface area contributed by atoms with E-state index in [1.165, 1.54) is 6.26 Å². The molecule has 0 saturated heterocycles. The summed E-state index contributed by atoms with van der Waals surface area (Å²) in [6.07, 6.45) is 3.66. The third-order valence-electron chi connectivity index (χ3n) is 2.37. The molecule has 0 unspecified atom stereocenters. The van der Waals surface area contributed by atoms with Crippen LogP contribution in [0.5, 0.6) is 0 Å². The highest BCUT2D eigenvalue weighted by Crippen LogP contribution is 2.29. The third-order valence-corrected chi connectivity index (χ3v) is 2.37. The van der Waals surface area contributed by atoms with Crippen LogP contribution in [0.4, 0.5) is 6.01 Å². The van der Waals surface area contributed by atoms with Crippen LogP contribution in [0.25, 0.3) is 0 Å². The lowest BCUT2D eigenvalue weighted by molar-refractivity contribution is 0.0519. The van der Waals surface area contributed by atoms with Crippen LogP contribution in [0, 0.1) is 0 Å². The number of hydrogen-bond donors (Lipinski definition) is 0. The van der Waals surface area contributed by atoms with Gasteiger partial charge in [-0.05, 0) is 19.8 Å². The fraction of sp³-hybridized carbons (Fsp3) is 0.600. The van der Waals surface area contributed by atoms with E-state index >= 15 is 0 Å². The highest BCUT2D eigenvalue weighted by atomic mass is 16.5. The molecule has 1 aliphatic rings. The van der Waals surface area contributed by atoms with Gasteiger partial charge < -0.3 is 14.1 Å². The summed E-state index contributed by atoms with van der Waals surface area (Å²) in [6, 6.07) is 0.999. The predicted molar refractivity (Wildman–Crippen MR) is 53.9 cm³/mol. The summed E-state index contributed by atoms with van der Waals surface area (Å²) >= 11 is 0. The van der Waals surface area contributed by atoms with Crippen LogP contribution in [0.3, 0.4) is 0 Å². The molecule has 1 aliphatic carbocycles. The van der Waals surface area contributed by atoms with Crippen molar-refractivity contribution in [3.8, 4) is 0 Å². The second kappa shape index (κ2) is 3.92. The Labute approximate surface area is 88.0 Å². The molecule has 0 spiro atoms. The van der Waals surface area contributed by atoms with Crippen LogP contribution < -0.4 is 4.90 Å². The molecule has 82 valence electrons. The SMILES string of the molecule is CCOC(=O)c1coc(N(C)C2CC2)n1. The van der Waals surface area contributed by atoms with Gasteiger partial charge >= 0.3 is 5.97 Å². The number of rotatable bonds is 4. The molecule has 5 nitrogen and oxygen atoms in total. The van der Waals surface area contributed by atoms with Crippen LogP contribution in [0.2, 0.25) is 0 Å². The minimum Gasteiger partial charge on any atom is -0.461 e. The van der Waals surface area contributed by atoms with Gasteiger partial charge in [0.1, 0.15) is 6.26 Å². The summed E-state index contributed by atoms with van der Waals surface area (Å²) < 4.78 is 10.0. The summed E-state index contributed by atoms with van der Waals surface area (Å²) in [5, 5.41) is 0. The summed E-state index contributed by atoms with van der Waals surface area (Å²) in [7, 11) is 1.92. The average Bonchev–Trinajstić information content (AvgIpc) is 2.95. The van der Waals surface area contributed by atoms with Gasteiger partial charge in [-0.3, -0.25) is 0 Å². The fourth-order valence-corrected chi connectivity index (χ4v) is 1.34. The first kappa shape index (κ1) is 10.0. The number of carbonyl (C=O) groups excluding carboxylic acids is 1. The minimum absolute atomic E-state index is 0.236. The van der Waals surface area contributed by atoms with Crippen molar-refractivity contribution in [1.29, 1.82) is 0 Å². The predicted octanol–water partition coefficient (Wildman–Crippen LogP) is 1.45. The number of esters is 1. The van der Waals surface area contributed by atoms with E-state index in [0.29, 0.717) is 18.7 Å². The number of anilines is 1. The Kier molecular flexibility index (Phi) is 2.62. The zero-order valence-corrected chi connectivity index (χ0v) is 8.90. The van der Waals surface area contributed by atoms with Crippen molar-refractivity contribution in [3.63, 3.8) is 0 Å². The quantitative estimate of drug-likeness (QED) is 0.704. The molecule has 0 bridgehead atoms. The van der Waals surface area contributed by atoms with E-state index in [2.05, 4.69) is 4.98 Å². The van der Waals surface area contributed by atoms with Gasteiger partial charge in [-0.1, -0.05) is 0 Å². The highest BCUT2D eigenvalue weighted by molar-refractivity contribution is 5.87. The Morgan fingerprint density at radius 1 is 1.73 bits per heavy atom. The molecule has 1 aromatic heterocycles. The summed E-state index contributed by atoms with van der Waals surface area (Å²) in [4.78, 5) is 17.3. The maximum Gasteiger partial charge on any atom is 0.360 e. The maximum atomic E-state index is 11.3. The lowest BCUT2D eigenvalue weighted by Crippen LogP contribution is -2.19. The van der Waals surface area contributed by atoms with E-state index in [-0.39, 0.29) is 5.69 Å². The van der Waals surface area contributed by atoms with Gasteiger partial charge in [0, 0.05) is 13.1 Å². The molecule has 0 radical (unpaired) electrons. The Morgan fingerprint density at radius 2 is 2.47 bits per heavy atom. The molecular weight excluding hydrogens is 196 g/mol. The van der Waals surface area contributed by atoms with Crippen LogP contribution in [-0.2, 0) is 4.74 Å². The van der Waals surface area contributed by atoms with E-state index in [4.69, 9.17) is 9.15 Å². The summed E-state index contributed by atoms with van der Waals surface area (Å²) in [5.41, 5.74) is 0.236. The molecule has 0 amide bonds. The number of hydrogen-bond acceptors (Lipinski definition) is 5. The number of oxazole rings is 1. The molecule has 0 atom stereocenters. The van der Waals surface area contributed by atoms with Crippen LogP contribution in [-0.4, -0.2) is 30.6 Å². The monoisotopic (exact) mass is 210 g/mol. The van der Waals surface area contributed by atoms with Crippen LogP contribution in [0.15, 0.2) is 10.7 Å². The van der Waals surface area contributed by atoms with Crippen molar-refractivity contribution in [1.82, 2.24) is 4.98 Å². The molecule has 1 saturated carbocycles. The van der Waals surface area contributed by atoms with E-state index in [9.17, 15) is 4.79 Å². The number of nitrogens with zero attached hydrogens (tertiary/aromatic N) is 2. The van der Waals surface area contributed by atoms with Crippen molar-refractivity contribution in [3.05, 3.63) is 12.0 Å². The van der Waals surface area contributed by atoms with Crippen molar-refractivity contribution in [2.75, 3.05) is 18.6 Å². The first-order chi connectivity index (χ1) is 7.22. The zero-order valence-electron chi connectivity index (χ0n) is 8.90. The number of aromatic nitrogens is 1. The van der Waals surface area contributed by atoms with Gasteiger partial charge in [0.15, 0.2) is 5.69 Å². The molecule has 1 heterocycles. The summed E-state index contributed by atoms with van der Waals surface area (Å²) in [5.74, 6) is -0.434. The third kappa shape index (κ3) is 2.11. The van der Waals surface area contributed by atoms with Crippen LogP contribution >= 0.6 is 0 Å². The lowest BCUT2D eigenvalue weighted by atomic mass is 10.5. The van der Waals surface area contributed by atoms with Gasteiger partial charge in [0.05, 0.1) is 6.61 Å². The van der Waals surface area contributed by atoms with Gasteiger partial charge in [0.2, 0.25) is 0 Å². The molecule has 0 aliphatic heterocycles. The number of carbonyl (C=O) groups is 1. The van der Waals surface area contributed by atoms with Gasteiger partial charge in [-0.25, -0.2) is 4.79 Å². The Balaban J connectivity index is 2.05. The average molecular weight is 210 g/mol. The highest BCUT2D eigenvalue weighted by Gasteiger charge is 2.29. The standard InChI is InChI=1S/C10H14N2O3/c1-3-14-9(13)8-6-15-10(11-8)12(2)7-4-5-7/h6-7H,3-5H2,1-2H3. The Bertz CT molecular complexity index is 357. The van der Waals surface area contributed by atoms with E-state index in [1.807, 2.05) is 11.9 Å². The molecule has 1 aromatic rings. The molecule has 2 rings (SSSR count). The van der Waals surface area contributed by atoms with Gasteiger partial charge in [-0.2, -0.15) is 4.98 Å². The molecule has 5 heteroatoms.